The molecule has 43 heavy (non-hydrogen) atoms. The Labute approximate surface area is 249 Å². The molecule has 0 saturated carbocycles. The van der Waals surface area contributed by atoms with Crippen LogP contribution in [0.2, 0.25) is 0 Å². The maximum Gasteiger partial charge on any atom is 0.274 e. The number of benzene rings is 2. The van der Waals surface area contributed by atoms with E-state index in [0.29, 0.717) is 16.7 Å². The van der Waals surface area contributed by atoms with Crippen molar-refractivity contribution in [2.45, 2.75) is 43.2 Å². The average Bonchev–Trinajstić information content (AvgIpc) is 3.37. The van der Waals surface area contributed by atoms with Gasteiger partial charge in [-0.1, -0.05) is 23.4 Å². The quantitative estimate of drug-likeness (QED) is 0.324. The monoisotopic (exact) mass is 628 g/mol. The van der Waals surface area contributed by atoms with E-state index in [1.165, 1.54) is 36.5 Å². The number of carbonyl (C=O) groups excluding carboxylic acids is 1. The Morgan fingerprint density at radius 2 is 1.70 bits per heavy atom. The smallest absolute Gasteiger partial charge is 0.274 e. The molecule has 1 aliphatic heterocycles. The van der Waals surface area contributed by atoms with Crippen LogP contribution in [0.5, 0.6) is 0 Å². The minimum absolute atomic E-state index is 0.110. The van der Waals surface area contributed by atoms with E-state index < -0.39 is 49.5 Å². The second-order valence-electron chi connectivity index (χ2n) is 11.0. The minimum atomic E-state index is -3.72. The zero-order valence-electron chi connectivity index (χ0n) is 23.7. The highest BCUT2D eigenvalue weighted by Gasteiger charge is 2.47. The lowest BCUT2D eigenvalue weighted by atomic mass is 9.92. The molecular formula is C28H29FN6O6S2. The highest BCUT2D eigenvalue weighted by Crippen LogP contribution is 2.30. The molecular weight excluding hydrogens is 599 g/mol. The predicted octanol–water partition coefficient (Wildman–Crippen LogP) is 2.89. The van der Waals surface area contributed by atoms with Gasteiger partial charge in [-0.2, -0.15) is 5.26 Å². The number of carbonyl (C=O) groups is 1. The van der Waals surface area contributed by atoms with Crippen molar-refractivity contribution in [3.63, 3.8) is 0 Å². The van der Waals surface area contributed by atoms with Gasteiger partial charge in [-0.3, -0.25) is 4.79 Å². The molecule has 0 aliphatic carbocycles. The number of oxime groups is 1. The summed E-state index contributed by atoms with van der Waals surface area (Å²) in [5.41, 5.74) is -0.786. The molecule has 1 amide bonds. The Balaban J connectivity index is 1.51. The number of hydrogen-bond acceptors (Lipinski definition) is 9. The van der Waals surface area contributed by atoms with Crippen molar-refractivity contribution >= 4 is 37.5 Å². The molecule has 4 rings (SSSR count). The van der Waals surface area contributed by atoms with Crippen LogP contribution in [0.3, 0.4) is 0 Å². The van der Waals surface area contributed by atoms with E-state index >= 15 is 0 Å². The number of anilines is 1. The zero-order chi connectivity index (χ0) is 31.6. The molecule has 0 saturated heterocycles. The molecule has 3 aromatic rings. The number of hydrogen-bond donors (Lipinski definition) is 3. The number of halogens is 1. The molecule has 15 heteroatoms. The van der Waals surface area contributed by atoms with Crippen LogP contribution >= 0.6 is 0 Å². The fraction of sp³-hybridized carbons (Fsp3) is 0.286. The number of pyridine rings is 1. The first-order valence-corrected chi connectivity index (χ1v) is 16.2. The van der Waals surface area contributed by atoms with Crippen molar-refractivity contribution in [2.75, 3.05) is 18.1 Å². The minimum Gasteiger partial charge on any atom is -0.377 e. The van der Waals surface area contributed by atoms with Crippen LogP contribution in [0.15, 0.2) is 70.8 Å². The van der Waals surface area contributed by atoms with Crippen molar-refractivity contribution in [1.29, 1.82) is 5.26 Å². The van der Waals surface area contributed by atoms with E-state index in [9.17, 15) is 26.0 Å². The Kier molecular flexibility index (Phi) is 8.70. The van der Waals surface area contributed by atoms with Crippen molar-refractivity contribution in [3.05, 3.63) is 77.7 Å². The molecule has 0 fully saturated rings. The third-order valence-corrected chi connectivity index (χ3v) is 8.62. The van der Waals surface area contributed by atoms with E-state index in [0.717, 1.165) is 12.3 Å². The summed E-state index contributed by atoms with van der Waals surface area (Å²) in [5, 5.41) is 15.7. The summed E-state index contributed by atoms with van der Waals surface area (Å²) in [6, 6.07) is 14.9. The molecule has 2 heterocycles. The lowest BCUT2D eigenvalue weighted by Gasteiger charge is -2.25. The highest BCUT2D eigenvalue weighted by atomic mass is 32.2. The van der Waals surface area contributed by atoms with Gasteiger partial charge in [-0.05, 0) is 62.7 Å². The number of aromatic nitrogens is 1. The molecule has 1 aliphatic rings. The first-order chi connectivity index (χ1) is 20.0. The molecule has 0 bridgehead atoms. The van der Waals surface area contributed by atoms with Gasteiger partial charge in [-0.25, -0.2) is 35.7 Å². The zero-order valence-corrected chi connectivity index (χ0v) is 25.3. The molecule has 0 radical (unpaired) electrons. The summed E-state index contributed by atoms with van der Waals surface area (Å²) < 4.78 is 67.5. The molecule has 2 aromatic carbocycles. The van der Waals surface area contributed by atoms with Crippen molar-refractivity contribution in [2.24, 2.45) is 5.16 Å². The first-order valence-electron chi connectivity index (χ1n) is 12.8. The third kappa shape index (κ3) is 7.79. The lowest BCUT2D eigenvalue weighted by molar-refractivity contribution is -0.137. The maximum atomic E-state index is 13.8. The van der Waals surface area contributed by atoms with Gasteiger partial charge in [0.2, 0.25) is 25.6 Å². The largest absolute Gasteiger partial charge is 0.377 e. The molecule has 1 unspecified atom stereocenters. The summed E-state index contributed by atoms with van der Waals surface area (Å²) in [6.45, 7) is 4.78. The number of sulfonamides is 2. The van der Waals surface area contributed by atoms with Gasteiger partial charge in [0.1, 0.15) is 17.7 Å². The van der Waals surface area contributed by atoms with Crippen molar-refractivity contribution in [1.82, 2.24) is 14.4 Å². The van der Waals surface area contributed by atoms with E-state index in [1.54, 1.807) is 45.0 Å². The van der Waals surface area contributed by atoms with Gasteiger partial charge in [0.25, 0.3) is 5.91 Å². The fourth-order valence-corrected chi connectivity index (χ4v) is 6.04. The second-order valence-corrected chi connectivity index (χ2v) is 14.5. The van der Waals surface area contributed by atoms with Crippen LogP contribution in [0.1, 0.15) is 38.3 Å². The number of amides is 1. The molecule has 12 nitrogen and oxygen atoms in total. The fourth-order valence-electron chi connectivity index (χ4n) is 4.12. The summed E-state index contributed by atoms with van der Waals surface area (Å²) >= 11 is 0. The molecule has 1 aromatic heterocycles. The van der Waals surface area contributed by atoms with Crippen LogP contribution in [-0.2, 0) is 29.7 Å². The van der Waals surface area contributed by atoms with Crippen molar-refractivity contribution in [3.8, 4) is 17.2 Å². The van der Waals surface area contributed by atoms with Gasteiger partial charge in [0.15, 0.2) is 0 Å². The van der Waals surface area contributed by atoms with Gasteiger partial charge in [0.05, 0.1) is 29.0 Å². The molecule has 226 valence electrons. The van der Waals surface area contributed by atoms with Crippen molar-refractivity contribution < 1.29 is 30.9 Å². The molecule has 3 N–H and O–H groups in total. The van der Waals surface area contributed by atoms with Crippen LogP contribution in [-0.4, -0.2) is 57.4 Å². The maximum absolute atomic E-state index is 13.8. The second kappa shape index (κ2) is 11.8. The van der Waals surface area contributed by atoms with E-state index in [1.807, 2.05) is 0 Å². The van der Waals surface area contributed by atoms with E-state index in [-0.39, 0.29) is 28.4 Å². The Morgan fingerprint density at radius 3 is 2.28 bits per heavy atom. The standard InChI is InChI=1S/C28H29FN6O6S2/c1-27(2,3)35-43(39,40)22-9-5-18(6-10-22)20-8-12-25(31-16-20)33-26(36)28(17-32-42(4,37)38)14-24(34-41-28)19-7-11-23(29)21(13-19)15-30/h5-13,16,32,35H,14,17H2,1-4H3,(H,31,33,36). The normalized spacial score (nSPS) is 17.1. The first kappa shape index (κ1) is 31.7. The van der Waals surface area contributed by atoms with Crippen LogP contribution in [0, 0.1) is 17.1 Å². The van der Waals surface area contributed by atoms with Gasteiger partial charge >= 0.3 is 0 Å². The number of nitriles is 1. The number of rotatable bonds is 9. The summed E-state index contributed by atoms with van der Waals surface area (Å²) in [6.07, 6.45) is 2.22. The van der Waals surface area contributed by atoms with Crippen LogP contribution in [0.25, 0.3) is 11.1 Å². The Hall–Kier alpha value is -4.23. The summed E-state index contributed by atoms with van der Waals surface area (Å²) in [5.74, 6) is -1.33. The number of nitrogens with zero attached hydrogens (tertiary/aromatic N) is 3. The van der Waals surface area contributed by atoms with Crippen LogP contribution in [0.4, 0.5) is 10.2 Å². The summed E-state index contributed by atoms with van der Waals surface area (Å²) in [7, 11) is -7.42. The topological polar surface area (TPSA) is 180 Å². The van der Waals surface area contributed by atoms with E-state index in [4.69, 9.17) is 10.1 Å². The predicted molar refractivity (Wildman–Crippen MR) is 157 cm³/mol. The molecule has 1 atom stereocenters. The molecule has 0 spiro atoms. The average molecular weight is 629 g/mol. The Bertz CT molecular complexity index is 1830. The van der Waals surface area contributed by atoms with E-state index in [2.05, 4.69) is 24.9 Å². The highest BCUT2D eigenvalue weighted by molar-refractivity contribution is 7.89. The van der Waals surface area contributed by atoms with Gasteiger partial charge in [0, 0.05) is 29.3 Å². The summed E-state index contributed by atoms with van der Waals surface area (Å²) in [4.78, 5) is 23.3. The van der Waals surface area contributed by atoms with Gasteiger partial charge < -0.3 is 10.2 Å². The number of nitrogens with one attached hydrogen (secondary N) is 3. The lowest BCUT2D eigenvalue weighted by Crippen LogP contribution is -2.51. The SMILES string of the molecule is CC(C)(C)NS(=O)(=O)c1ccc(-c2ccc(NC(=O)C3(CNS(C)(=O)=O)CC(c4ccc(F)c(C#N)c4)=NO3)nc2)cc1. The third-order valence-electron chi connectivity index (χ3n) is 6.18. The van der Waals surface area contributed by atoms with Gasteiger partial charge in [-0.15, -0.1) is 0 Å². The Morgan fingerprint density at radius 1 is 1.05 bits per heavy atom. The van der Waals surface area contributed by atoms with Crippen LogP contribution < -0.4 is 14.8 Å².